The lowest BCUT2D eigenvalue weighted by atomic mass is 10.1. The molecule has 25 heavy (non-hydrogen) atoms. The zero-order valence-electron chi connectivity index (χ0n) is 14.7. The smallest absolute Gasteiger partial charge is 0.264 e. The van der Waals surface area contributed by atoms with Gasteiger partial charge in [0.2, 0.25) is 0 Å². The van der Waals surface area contributed by atoms with Gasteiger partial charge in [-0.1, -0.05) is 34.8 Å². The van der Waals surface area contributed by atoms with Crippen LogP contribution in [0.25, 0.3) is 0 Å². The maximum Gasteiger partial charge on any atom is 0.264 e. The van der Waals surface area contributed by atoms with Gasteiger partial charge in [0, 0.05) is 19.7 Å². The molecule has 2 rings (SSSR count). The Bertz CT molecular complexity index is 820. The van der Waals surface area contributed by atoms with Crippen molar-refractivity contribution in [1.29, 1.82) is 0 Å². The molecule has 2 aromatic carbocycles. The lowest BCUT2D eigenvalue weighted by Crippen LogP contribution is -2.30. The molecule has 1 atom stereocenters. The Labute approximate surface area is 148 Å². The fourth-order valence-corrected chi connectivity index (χ4v) is 3.32. The van der Waals surface area contributed by atoms with Crippen LogP contribution in [0.2, 0.25) is 0 Å². The number of carbonyl (C=O) groups is 1. The van der Waals surface area contributed by atoms with Crippen LogP contribution in [0.15, 0.2) is 59.5 Å². The quantitative estimate of drug-likeness (QED) is 0.741. The van der Waals surface area contributed by atoms with Crippen molar-refractivity contribution in [2.24, 2.45) is 0 Å². The standard InChI is InChI=1S/C18H22N2O4S/c1-14(15-8-6-5-7-9-15)19(2)18(21)16-10-12-17(13-11-16)25(22,23)20(3)24-4/h5-14H,1-4H3. The molecular formula is C18H22N2O4S. The van der Waals surface area contributed by atoms with Gasteiger partial charge in [-0.15, -0.1) is 0 Å². The number of rotatable bonds is 6. The minimum absolute atomic E-state index is 0.0622. The van der Waals surface area contributed by atoms with Crippen LogP contribution >= 0.6 is 0 Å². The van der Waals surface area contributed by atoms with E-state index in [0.717, 1.165) is 10.0 Å². The van der Waals surface area contributed by atoms with Crippen molar-refractivity contribution in [2.45, 2.75) is 17.9 Å². The van der Waals surface area contributed by atoms with Crippen molar-refractivity contribution < 1.29 is 18.0 Å². The third-order valence-electron chi connectivity index (χ3n) is 4.18. The van der Waals surface area contributed by atoms with Gasteiger partial charge in [0.1, 0.15) is 0 Å². The Morgan fingerprint density at radius 2 is 1.56 bits per heavy atom. The lowest BCUT2D eigenvalue weighted by molar-refractivity contribution is -0.0258. The molecule has 0 heterocycles. The first-order valence-corrected chi connectivity index (χ1v) is 9.18. The Kier molecular flexibility index (Phi) is 5.94. The van der Waals surface area contributed by atoms with Gasteiger partial charge >= 0.3 is 0 Å². The number of benzene rings is 2. The van der Waals surface area contributed by atoms with Gasteiger partial charge in [-0.25, -0.2) is 8.42 Å². The molecule has 0 aliphatic heterocycles. The Morgan fingerprint density at radius 3 is 2.08 bits per heavy atom. The molecular weight excluding hydrogens is 340 g/mol. The Morgan fingerprint density at radius 1 is 1.00 bits per heavy atom. The summed E-state index contributed by atoms with van der Waals surface area (Å²) in [5, 5.41) is 0. The van der Waals surface area contributed by atoms with E-state index in [1.54, 1.807) is 11.9 Å². The van der Waals surface area contributed by atoms with Crippen LogP contribution < -0.4 is 0 Å². The average molecular weight is 362 g/mol. The van der Waals surface area contributed by atoms with E-state index in [-0.39, 0.29) is 16.8 Å². The molecule has 1 unspecified atom stereocenters. The van der Waals surface area contributed by atoms with Crippen molar-refractivity contribution in [3.8, 4) is 0 Å². The van der Waals surface area contributed by atoms with Crippen LogP contribution in [0.4, 0.5) is 0 Å². The third-order valence-corrected chi connectivity index (χ3v) is 5.87. The molecule has 1 amide bonds. The van der Waals surface area contributed by atoms with E-state index in [4.69, 9.17) is 4.84 Å². The number of nitrogens with zero attached hydrogens (tertiary/aromatic N) is 2. The number of hydroxylamine groups is 1. The summed E-state index contributed by atoms with van der Waals surface area (Å²) in [4.78, 5) is 19.1. The summed E-state index contributed by atoms with van der Waals surface area (Å²) in [6.07, 6.45) is 0. The number of carbonyl (C=O) groups excluding carboxylic acids is 1. The number of amides is 1. The largest absolute Gasteiger partial charge is 0.335 e. The molecule has 0 fully saturated rings. The summed E-state index contributed by atoms with van der Waals surface area (Å²) < 4.78 is 25.1. The second-order valence-corrected chi connectivity index (χ2v) is 7.56. The molecule has 0 radical (unpaired) electrons. The van der Waals surface area contributed by atoms with Crippen molar-refractivity contribution in [1.82, 2.24) is 9.37 Å². The zero-order chi connectivity index (χ0) is 18.6. The molecule has 7 heteroatoms. The maximum atomic E-state index is 12.7. The molecule has 134 valence electrons. The SMILES string of the molecule is CON(C)S(=O)(=O)c1ccc(C(=O)N(C)C(C)c2ccccc2)cc1. The Hall–Kier alpha value is -2.22. The third kappa shape index (κ3) is 4.07. The first-order chi connectivity index (χ1) is 11.8. The van der Waals surface area contributed by atoms with E-state index in [1.165, 1.54) is 38.4 Å². The van der Waals surface area contributed by atoms with Crippen molar-refractivity contribution in [3.63, 3.8) is 0 Å². The highest BCUT2D eigenvalue weighted by atomic mass is 32.2. The summed E-state index contributed by atoms with van der Waals surface area (Å²) in [7, 11) is 0.583. The van der Waals surface area contributed by atoms with Gasteiger partial charge in [-0.3, -0.25) is 9.63 Å². The highest BCUT2D eigenvalue weighted by molar-refractivity contribution is 7.89. The molecule has 0 saturated carbocycles. The van der Waals surface area contributed by atoms with Crippen LogP contribution in [0.3, 0.4) is 0 Å². The minimum Gasteiger partial charge on any atom is -0.335 e. The van der Waals surface area contributed by atoms with Crippen LogP contribution in [0.5, 0.6) is 0 Å². The zero-order valence-corrected chi connectivity index (χ0v) is 15.5. The van der Waals surface area contributed by atoms with Gasteiger partial charge in [-0.2, -0.15) is 0 Å². The normalized spacial score (nSPS) is 12.8. The summed E-state index contributed by atoms with van der Waals surface area (Å²) in [6.45, 7) is 1.94. The molecule has 0 aromatic heterocycles. The minimum atomic E-state index is -3.72. The monoisotopic (exact) mass is 362 g/mol. The predicted octanol–water partition coefficient (Wildman–Crippen LogP) is 2.70. The summed E-state index contributed by atoms with van der Waals surface area (Å²) in [5.41, 5.74) is 1.45. The van der Waals surface area contributed by atoms with Crippen LogP contribution in [-0.4, -0.2) is 44.9 Å². The second-order valence-electron chi connectivity index (χ2n) is 5.62. The molecule has 6 nitrogen and oxygen atoms in total. The molecule has 0 bridgehead atoms. The van der Waals surface area contributed by atoms with E-state index < -0.39 is 10.0 Å². The fraction of sp³-hybridized carbons (Fsp3) is 0.278. The lowest BCUT2D eigenvalue weighted by Gasteiger charge is -2.25. The molecule has 2 aromatic rings. The van der Waals surface area contributed by atoms with Gasteiger partial charge < -0.3 is 4.90 Å². The molecule has 0 spiro atoms. The van der Waals surface area contributed by atoms with Gasteiger partial charge in [-0.05, 0) is 36.8 Å². The van der Waals surface area contributed by atoms with E-state index in [9.17, 15) is 13.2 Å². The molecule has 0 N–H and O–H groups in total. The maximum absolute atomic E-state index is 12.7. The highest BCUT2D eigenvalue weighted by Crippen LogP contribution is 2.21. The Balaban J connectivity index is 2.20. The summed E-state index contributed by atoms with van der Waals surface area (Å²) in [6, 6.07) is 15.4. The number of hydrogen-bond donors (Lipinski definition) is 0. The first kappa shape index (κ1) is 19.1. The van der Waals surface area contributed by atoms with Gasteiger partial charge in [0.15, 0.2) is 0 Å². The predicted molar refractivity (Wildman–Crippen MR) is 95.4 cm³/mol. The molecule has 0 saturated heterocycles. The molecule has 0 aliphatic rings. The fourth-order valence-electron chi connectivity index (χ4n) is 2.35. The van der Waals surface area contributed by atoms with Gasteiger partial charge in [0.25, 0.3) is 15.9 Å². The molecule has 0 aliphatic carbocycles. The average Bonchev–Trinajstić information content (AvgIpc) is 2.66. The number of sulfonamides is 1. The van der Waals surface area contributed by atoms with E-state index in [1.807, 2.05) is 37.3 Å². The second kappa shape index (κ2) is 7.77. The van der Waals surface area contributed by atoms with Crippen LogP contribution in [-0.2, 0) is 14.9 Å². The van der Waals surface area contributed by atoms with E-state index in [0.29, 0.717) is 5.56 Å². The van der Waals surface area contributed by atoms with E-state index >= 15 is 0 Å². The van der Waals surface area contributed by atoms with Gasteiger partial charge in [0.05, 0.1) is 18.0 Å². The first-order valence-electron chi connectivity index (χ1n) is 7.74. The van der Waals surface area contributed by atoms with E-state index in [2.05, 4.69) is 0 Å². The van der Waals surface area contributed by atoms with Crippen LogP contribution in [0.1, 0.15) is 28.9 Å². The number of hydrogen-bond acceptors (Lipinski definition) is 4. The van der Waals surface area contributed by atoms with Crippen molar-refractivity contribution in [3.05, 3.63) is 65.7 Å². The summed E-state index contributed by atoms with van der Waals surface area (Å²) in [5.74, 6) is -0.180. The van der Waals surface area contributed by atoms with Crippen molar-refractivity contribution in [2.75, 3.05) is 21.2 Å². The van der Waals surface area contributed by atoms with Crippen molar-refractivity contribution >= 4 is 15.9 Å². The summed E-state index contributed by atoms with van der Waals surface area (Å²) >= 11 is 0. The highest BCUT2D eigenvalue weighted by Gasteiger charge is 2.22. The van der Waals surface area contributed by atoms with Crippen LogP contribution in [0, 0.1) is 0 Å². The topological polar surface area (TPSA) is 66.9 Å².